The van der Waals surface area contributed by atoms with Gasteiger partial charge in [-0.15, -0.1) is 0 Å². The molecule has 1 aromatic heterocycles. The molecule has 3 N–H and O–H groups in total. The Morgan fingerprint density at radius 3 is 2.75 bits per heavy atom. The van der Waals surface area contributed by atoms with E-state index in [0.29, 0.717) is 11.5 Å². The van der Waals surface area contributed by atoms with Crippen LogP contribution in [0.25, 0.3) is 0 Å². The number of pyridine rings is 1. The molecular formula is C8H9ClF3N3S. The van der Waals surface area contributed by atoms with Crippen LogP contribution in [0.1, 0.15) is 0 Å². The molecule has 0 aliphatic rings. The second-order valence-electron chi connectivity index (χ2n) is 2.79. The molecule has 0 aliphatic carbocycles. The van der Waals surface area contributed by atoms with Crippen LogP contribution in [-0.2, 0) is 0 Å². The van der Waals surface area contributed by atoms with E-state index in [-0.39, 0.29) is 29.2 Å². The Morgan fingerprint density at radius 1 is 1.44 bits per heavy atom. The smallest absolute Gasteiger partial charge is 0.396 e. The highest BCUT2D eigenvalue weighted by atomic mass is 35.5. The van der Waals surface area contributed by atoms with Crippen LogP contribution in [0.15, 0.2) is 12.1 Å². The summed E-state index contributed by atoms with van der Waals surface area (Å²) >= 11 is 5.51. The van der Waals surface area contributed by atoms with E-state index in [1.54, 1.807) is 0 Å². The number of nitrogens with two attached hydrogens (primary N) is 1. The Morgan fingerprint density at radius 2 is 2.12 bits per heavy atom. The molecule has 3 nitrogen and oxygen atoms in total. The van der Waals surface area contributed by atoms with Crippen LogP contribution in [-0.4, -0.2) is 22.8 Å². The summed E-state index contributed by atoms with van der Waals surface area (Å²) in [6, 6.07) is 3.04. The summed E-state index contributed by atoms with van der Waals surface area (Å²) in [7, 11) is 0. The van der Waals surface area contributed by atoms with Gasteiger partial charge in [0.15, 0.2) is 5.82 Å². The van der Waals surface area contributed by atoms with E-state index in [1.165, 1.54) is 12.1 Å². The van der Waals surface area contributed by atoms with Crippen molar-refractivity contribution in [3.63, 3.8) is 0 Å². The van der Waals surface area contributed by atoms with E-state index < -0.39 is 5.51 Å². The number of nitrogen functional groups attached to an aromatic ring is 1. The Labute approximate surface area is 99.6 Å². The number of thioether (sulfide) groups is 1. The molecule has 16 heavy (non-hydrogen) atoms. The third kappa shape index (κ3) is 4.80. The van der Waals surface area contributed by atoms with Gasteiger partial charge in [0.1, 0.15) is 5.15 Å². The van der Waals surface area contributed by atoms with E-state index in [4.69, 9.17) is 17.3 Å². The van der Waals surface area contributed by atoms with Gasteiger partial charge in [-0.05, 0) is 23.9 Å². The van der Waals surface area contributed by atoms with E-state index in [2.05, 4.69) is 10.3 Å². The predicted octanol–water partition coefficient (Wildman–Crippen LogP) is 2.98. The molecule has 0 amide bonds. The molecule has 0 aliphatic heterocycles. The SMILES string of the molecule is Nc1ccc(Cl)nc1NCCSC(F)(F)F. The van der Waals surface area contributed by atoms with Gasteiger partial charge in [-0.2, -0.15) is 13.2 Å². The fourth-order valence-electron chi connectivity index (χ4n) is 0.924. The quantitative estimate of drug-likeness (QED) is 0.653. The topological polar surface area (TPSA) is 50.9 Å². The third-order valence-electron chi connectivity index (χ3n) is 1.55. The average Bonchev–Trinajstić information content (AvgIpc) is 2.16. The Bertz CT molecular complexity index is 359. The largest absolute Gasteiger partial charge is 0.441 e. The zero-order chi connectivity index (χ0) is 12.2. The lowest BCUT2D eigenvalue weighted by molar-refractivity contribution is -0.0327. The number of anilines is 2. The number of alkyl halides is 3. The predicted molar refractivity (Wildman–Crippen MR) is 60.7 cm³/mol. The lowest BCUT2D eigenvalue weighted by atomic mass is 10.4. The van der Waals surface area contributed by atoms with Gasteiger partial charge in [0.25, 0.3) is 0 Å². The lowest BCUT2D eigenvalue weighted by Crippen LogP contribution is -2.11. The first-order chi connectivity index (χ1) is 7.38. The zero-order valence-corrected chi connectivity index (χ0v) is 9.59. The minimum absolute atomic E-state index is 0.101. The molecule has 0 aromatic carbocycles. The number of hydrogen-bond donors (Lipinski definition) is 2. The molecular weight excluding hydrogens is 263 g/mol. The van der Waals surface area contributed by atoms with Crippen LogP contribution in [0.2, 0.25) is 5.15 Å². The minimum atomic E-state index is -4.21. The summed E-state index contributed by atoms with van der Waals surface area (Å²) in [6.45, 7) is 0.113. The van der Waals surface area contributed by atoms with Crippen LogP contribution in [0.4, 0.5) is 24.7 Å². The van der Waals surface area contributed by atoms with E-state index in [0.717, 1.165) is 0 Å². The molecule has 0 radical (unpaired) electrons. The fourth-order valence-corrected chi connectivity index (χ4v) is 1.51. The second-order valence-corrected chi connectivity index (χ2v) is 4.34. The monoisotopic (exact) mass is 271 g/mol. The second kappa shape index (κ2) is 5.49. The number of aromatic nitrogens is 1. The Kier molecular flexibility index (Phi) is 4.55. The maximum absolute atomic E-state index is 11.8. The lowest BCUT2D eigenvalue weighted by Gasteiger charge is -2.09. The first-order valence-electron chi connectivity index (χ1n) is 4.25. The van der Waals surface area contributed by atoms with Gasteiger partial charge >= 0.3 is 5.51 Å². The van der Waals surface area contributed by atoms with Crippen molar-refractivity contribution in [2.75, 3.05) is 23.3 Å². The fraction of sp³-hybridized carbons (Fsp3) is 0.375. The van der Waals surface area contributed by atoms with Crippen LogP contribution in [0, 0.1) is 0 Å². The van der Waals surface area contributed by atoms with Gasteiger partial charge in [-0.3, -0.25) is 0 Å². The zero-order valence-electron chi connectivity index (χ0n) is 8.01. The maximum atomic E-state index is 11.8. The van der Waals surface area contributed by atoms with E-state index >= 15 is 0 Å². The summed E-state index contributed by atoms with van der Waals surface area (Å²) in [5.41, 5.74) is 1.68. The Hall–Kier alpha value is -0.820. The van der Waals surface area contributed by atoms with Crippen LogP contribution in [0.3, 0.4) is 0 Å². The van der Waals surface area contributed by atoms with Gasteiger partial charge in [0.2, 0.25) is 0 Å². The van der Waals surface area contributed by atoms with Crippen molar-refractivity contribution in [3.8, 4) is 0 Å². The molecule has 1 aromatic rings. The summed E-state index contributed by atoms with van der Waals surface area (Å²) < 4.78 is 35.4. The van der Waals surface area contributed by atoms with Crippen LogP contribution in [0.5, 0.6) is 0 Å². The van der Waals surface area contributed by atoms with E-state index in [1.807, 2.05) is 0 Å². The molecule has 0 spiro atoms. The number of halogens is 4. The van der Waals surface area contributed by atoms with Crippen molar-refractivity contribution in [1.82, 2.24) is 4.98 Å². The van der Waals surface area contributed by atoms with Crippen LogP contribution >= 0.6 is 23.4 Å². The summed E-state index contributed by atoms with van der Waals surface area (Å²) in [5, 5.41) is 2.92. The van der Waals surface area contributed by atoms with Crippen molar-refractivity contribution in [2.45, 2.75) is 5.51 Å². The highest BCUT2D eigenvalue weighted by molar-refractivity contribution is 8.00. The maximum Gasteiger partial charge on any atom is 0.441 e. The summed E-state index contributed by atoms with van der Waals surface area (Å²) in [4.78, 5) is 3.85. The molecule has 0 bridgehead atoms. The van der Waals surface area contributed by atoms with Crippen molar-refractivity contribution in [1.29, 1.82) is 0 Å². The molecule has 8 heteroatoms. The Balaban J connectivity index is 2.40. The molecule has 90 valence electrons. The standard InChI is InChI=1S/C8H9ClF3N3S/c9-6-2-1-5(13)7(15-6)14-3-4-16-8(10,11)12/h1-2H,3-4,13H2,(H,14,15). The van der Waals surface area contributed by atoms with Gasteiger partial charge in [0.05, 0.1) is 5.69 Å². The van der Waals surface area contributed by atoms with Crippen molar-refractivity contribution in [2.24, 2.45) is 0 Å². The molecule has 0 saturated heterocycles. The first-order valence-corrected chi connectivity index (χ1v) is 5.61. The van der Waals surface area contributed by atoms with Crippen LogP contribution < -0.4 is 11.1 Å². The minimum Gasteiger partial charge on any atom is -0.396 e. The molecule has 0 atom stereocenters. The molecule has 0 fully saturated rings. The van der Waals surface area contributed by atoms with Crippen molar-refractivity contribution >= 4 is 34.9 Å². The van der Waals surface area contributed by atoms with Gasteiger partial charge in [-0.25, -0.2) is 4.98 Å². The van der Waals surface area contributed by atoms with Gasteiger partial charge in [-0.1, -0.05) is 11.6 Å². The molecule has 0 unspecified atom stereocenters. The summed E-state index contributed by atoms with van der Waals surface area (Å²) in [6.07, 6.45) is 0. The van der Waals surface area contributed by atoms with Gasteiger partial charge < -0.3 is 11.1 Å². The first kappa shape index (κ1) is 13.2. The number of nitrogens with zero attached hydrogens (tertiary/aromatic N) is 1. The number of nitrogens with one attached hydrogen (secondary N) is 1. The van der Waals surface area contributed by atoms with Crippen molar-refractivity contribution < 1.29 is 13.2 Å². The molecule has 1 heterocycles. The van der Waals surface area contributed by atoms with Crippen molar-refractivity contribution in [3.05, 3.63) is 17.3 Å². The number of rotatable bonds is 4. The normalized spacial score (nSPS) is 11.5. The summed E-state index contributed by atoms with van der Waals surface area (Å²) in [5.74, 6) is 0.187. The molecule has 0 saturated carbocycles. The molecule has 1 rings (SSSR count). The highest BCUT2D eigenvalue weighted by Gasteiger charge is 2.27. The highest BCUT2D eigenvalue weighted by Crippen LogP contribution is 2.29. The average molecular weight is 272 g/mol. The number of hydrogen-bond acceptors (Lipinski definition) is 4. The third-order valence-corrected chi connectivity index (χ3v) is 2.50. The van der Waals surface area contributed by atoms with Gasteiger partial charge in [0, 0.05) is 12.3 Å². The van der Waals surface area contributed by atoms with E-state index in [9.17, 15) is 13.2 Å².